The molecular formula is C20H32ClFN4O3. The smallest absolute Gasteiger partial charge is 0.246 e. The molecule has 2 bridgehead atoms. The number of hydrogen-bond acceptors (Lipinski definition) is 5. The molecule has 5 atom stereocenters. The fourth-order valence-electron chi connectivity index (χ4n) is 5.26. The lowest BCUT2D eigenvalue weighted by atomic mass is 9.39. The Labute approximate surface area is 176 Å². The first-order valence-corrected chi connectivity index (χ1v) is 11.2. The van der Waals surface area contributed by atoms with E-state index in [1.54, 1.807) is 0 Å². The number of hydrogen-bond donors (Lipinski definition) is 4. The highest BCUT2D eigenvalue weighted by Crippen LogP contribution is 2.67. The van der Waals surface area contributed by atoms with Crippen LogP contribution in [-0.2, 0) is 14.3 Å². The van der Waals surface area contributed by atoms with Crippen molar-refractivity contribution >= 4 is 23.4 Å². The number of carbonyl (C=O) groups is 2. The van der Waals surface area contributed by atoms with Crippen molar-refractivity contribution in [2.45, 2.75) is 80.7 Å². The molecule has 29 heavy (non-hydrogen) atoms. The van der Waals surface area contributed by atoms with E-state index in [1.807, 2.05) is 0 Å². The second-order valence-electron chi connectivity index (χ2n) is 9.54. The van der Waals surface area contributed by atoms with Crippen LogP contribution < -0.4 is 21.3 Å². The molecule has 7 nitrogen and oxygen atoms in total. The van der Waals surface area contributed by atoms with Gasteiger partial charge in [0.2, 0.25) is 11.8 Å². The van der Waals surface area contributed by atoms with Crippen LogP contribution in [0.2, 0.25) is 0 Å². The molecular weight excluding hydrogens is 399 g/mol. The van der Waals surface area contributed by atoms with Gasteiger partial charge in [-0.05, 0) is 39.0 Å². The first-order valence-electron chi connectivity index (χ1n) is 10.8. The van der Waals surface area contributed by atoms with Crippen molar-refractivity contribution in [3.8, 4) is 0 Å². The van der Waals surface area contributed by atoms with Gasteiger partial charge in [0.25, 0.3) is 0 Å². The van der Waals surface area contributed by atoms with E-state index in [9.17, 15) is 14.0 Å². The number of halogens is 2. The molecule has 5 rings (SSSR count). The van der Waals surface area contributed by atoms with E-state index < -0.39 is 11.5 Å². The molecule has 5 aliphatic rings. The summed E-state index contributed by atoms with van der Waals surface area (Å²) in [6.07, 6.45) is 2.25. The van der Waals surface area contributed by atoms with Gasteiger partial charge in [-0.15, -0.1) is 11.6 Å². The molecule has 2 amide bonds. The van der Waals surface area contributed by atoms with E-state index in [4.69, 9.17) is 16.3 Å². The van der Waals surface area contributed by atoms with Crippen LogP contribution >= 0.6 is 11.6 Å². The second kappa shape index (κ2) is 8.29. The van der Waals surface area contributed by atoms with E-state index in [-0.39, 0.29) is 47.9 Å². The summed E-state index contributed by atoms with van der Waals surface area (Å²) in [4.78, 5) is 24.8. The molecule has 4 saturated carbocycles. The van der Waals surface area contributed by atoms with Gasteiger partial charge in [-0.2, -0.15) is 0 Å². The minimum absolute atomic E-state index is 0.0654. The molecule has 0 spiro atoms. The maximum absolute atomic E-state index is 13.7. The Hall–Kier alpha value is -0.960. The summed E-state index contributed by atoms with van der Waals surface area (Å²) in [7, 11) is 0. The summed E-state index contributed by atoms with van der Waals surface area (Å²) in [5, 5.41) is 12.5. The first-order chi connectivity index (χ1) is 13.8. The first kappa shape index (κ1) is 21.3. The number of amides is 2. The maximum atomic E-state index is 13.7. The maximum Gasteiger partial charge on any atom is 0.246 e. The van der Waals surface area contributed by atoms with Crippen molar-refractivity contribution in [2.24, 2.45) is 5.41 Å². The zero-order valence-electron chi connectivity index (χ0n) is 16.9. The lowest BCUT2D eigenvalue weighted by molar-refractivity contribution is -0.184. The average Bonchev–Trinajstić information content (AvgIpc) is 2.63. The molecule has 1 saturated heterocycles. The number of ether oxygens (including phenoxy) is 1. The van der Waals surface area contributed by atoms with Crippen molar-refractivity contribution < 1.29 is 18.7 Å². The van der Waals surface area contributed by atoms with Crippen LogP contribution in [0.25, 0.3) is 0 Å². The summed E-state index contributed by atoms with van der Waals surface area (Å²) < 4.78 is 19.2. The molecule has 1 heterocycles. The predicted octanol–water partition coefficient (Wildman–Crippen LogP) is 0.606. The third-order valence-corrected chi connectivity index (χ3v) is 7.44. The number of nitrogens with one attached hydrogen (secondary N) is 4. The van der Waals surface area contributed by atoms with Crippen molar-refractivity contribution in [1.29, 1.82) is 0 Å². The Morgan fingerprint density at radius 3 is 2.62 bits per heavy atom. The Morgan fingerprint density at radius 1 is 1.21 bits per heavy atom. The van der Waals surface area contributed by atoms with Crippen LogP contribution in [0.5, 0.6) is 0 Å². The fourth-order valence-corrected chi connectivity index (χ4v) is 5.49. The molecule has 0 aromatic heterocycles. The van der Waals surface area contributed by atoms with Gasteiger partial charge < -0.3 is 26.0 Å². The number of alkyl halides is 2. The van der Waals surface area contributed by atoms with Gasteiger partial charge in [-0.1, -0.05) is 0 Å². The monoisotopic (exact) mass is 430 g/mol. The Kier molecular flexibility index (Phi) is 6.08. The predicted molar refractivity (Wildman–Crippen MR) is 108 cm³/mol. The van der Waals surface area contributed by atoms with E-state index in [2.05, 4.69) is 28.2 Å². The highest BCUT2D eigenvalue weighted by molar-refractivity contribution is 6.21. The number of rotatable bonds is 7. The molecule has 4 aliphatic carbocycles. The van der Waals surface area contributed by atoms with Crippen molar-refractivity contribution in [2.75, 3.05) is 26.2 Å². The van der Waals surface area contributed by atoms with Crippen molar-refractivity contribution in [1.82, 2.24) is 21.3 Å². The van der Waals surface area contributed by atoms with E-state index in [0.717, 1.165) is 13.1 Å². The Morgan fingerprint density at radius 2 is 1.97 bits per heavy atom. The summed E-state index contributed by atoms with van der Waals surface area (Å²) in [5.41, 5.74) is -0.571. The largest absolute Gasteiger partial charge is 0.368 e. The summed E-state index contributed by atoms with van der Waals surface area (Å²) >= 11 is 5.88. The van der Waals surface area contributed by atoms with Gasteiger partial charge in [0.1, 0.15) is 12.8 Å². The summed E-state index contributed by atoms with van der Waals surface area (Å²) in [6.45, 7) is 4.44. The van der Waals surface area contributed by atoms with Gasteiger partial charge in [-0.25, -0.2) is 4.39 Å². The number of carbonyl (C=O) groups excluding carboxylic acids is 2. The molecule has 9 heteroatoms. The normalized spacial score (nSPS) is 43.6. The van der Waals surface area contributed by atoms with E-state index in [0.29, 0.717) is 44.7 Å². The molecule has 164 valence electrons. The molecule has 5 unspecified atom stereocenters. The Balaban J connectivity index is 1.13. The van der Waals surface area contributed by atoms with Crippen LogP contribution in [0, 0.1) is 5.41 Å². The lowest BCUT2D eigenvalue weighted by Gasteiger charge is -2.69. The standard InChI is InChI=1S/C20H32ClFN4O3/c1-12-5-24-13(6-23-12)7-25-18(28)19-9-20(10-19,11-19)26-17(27)8-29-14-2-3-15(21)16(22)4-14/h12-16,23-24H,2-11H2,1H3,(H,25,28)(H,26,27). The van der Waals surface area contributed by atoms with Gasteiger partial charge in [-0.3, -0.25) is 9.59 Å². The van der Waals surface area contributed by atoms with E-state index >= 15 is 0 Å². The molecule has 1 aliphatic heterocycles. The molecule has 0 aromatic rings. The summed E-state index contributed by atoms with van der Waals surface area (Å²) in [6, 6.07) is 0.715. The highest BCUT2D eigenvalue weighted by atomic mass is 35.5. The van der Waals surface area contributed by atoms with Crippen molar-refractivity contribution in [3.05, 3.63) is 0 Å². The van der Waals surface area contributed by atoms with Crippen molar-refractivity contribution in [3.63, 3.8) is 0 Å². The lowest BCUT2D eigenvalue weighted by Crippen LogP contribution is -2.78. The van der Waals surface area contributed by atoms with Gasteiger partial charge in [0, 0.05) is 43.7 Å². The minimum Gasteiger partial charge on any atom is -0.368 e. The van der Waals surface area contributed by atoms with Gasteiger partial charge in [0.15, 0.2) is 0 Å². The van der Waals surface area contributed by atoms with Crippen LogP contribution in [0.15, 0.2) is 0 Å². The zero-order chi connectivity index (χ0) is 20.6. The number of piperazine rings is 1. The Bertz CT molecular complexity index is 623. The van der Waals surface area contributed by atoms with E-state index in [1.165, 1.54) is 0 Å². The zero-order valence-corrected chi connectivity index (χ0v) is 17.7. The molecule has 0 aromatic carbocycles. The quantitative estimate of drug-likeness (QED) is 0.444. The SMILES string of the molecule is CC1CNC(CNC(=O)C23CC(NC(=O)COC4CCC(Cl)C(F)C4)(C2)C3)CN1. The third-order valence-electron chi connectivity index (χ3n) is 6.95. The van der Waals surface area contributed by atoms with Crippen LogP contribution in [0.3, 0.4) is 0 Å². The molecule has 0 radical (unpaired) electrons. The third kappa shape index (κ3) is 4.55. The molecule has 5 fully saturated rings. The van der Waals surface area contributed by atoms with Crippen LogP contribution in [0.4, 0.5) is 4.39 Å². The second-order valence-corrected chi connectivity index (χ2v) is 10.1. The van der Waals surface area contributed by atoms with Crippen LogP contribution in [0.1, 0.15) is 45.4 Å². The fraction of sp³-hybridized carbons (Fsp3) is 0.900. The average molecular weight is 431 g/mol. The minimum atomic E-state index is -1.07. The highest BCUT2D eigenvalue weighted by Gasteiger charge is 2.72. The van der Waals surface area contributed by atoms with Gasteiger partial charge >= 0.3 is 0 Å². The molecule has 4 N–H and O–H groups in total. The van der Waals surface area contributed by atoms with Gasteiger partial charge in [0.05, 0.1) is 16.9 Å². The van der Waals surface area contributed by atoms with Crippen LogP contribution in [-0.4, -0.2) is 73.3 Å². The topological polar surface area (TPSA) is 91.5 Å². The summed E-state index contributed by atoms with van der Waals surface area (Å²) in [5.74, 6) is -0.0918.